The second-order valence-corrected chi connectivity index (χ2v) is 33.5. The van der Waals surface area contributed by atoms with Crippen LogP contribution in [0.1, 0.15) is 45.2 Å². The highest BCUT2D eigenvalue weighted by Gasteiger charge is 2.46. The predicted octanol–water partition coefficient (Wildman–Crippen LogP) is 27.3. The average Bonchev–Trinajstić information content (AvgIpc) is 0.804. The van der Waals surface area contributed by atoms with Gasteiger partial charge in [-0.15, -0.1) is 0 Å². The summed E-state index contributed by atoms with van der Waals surface area (Å²) in [5, 5.41) is 9.35. The van der Waals surface area contributed by atoms with Crippen LogP contribution in [0.25, 0.3) is 160 Å². The number of rotatable bonds is 10. The van der Waals surface area contributed by atoms with Crippen LogP contribution in [-0.2, 0) is 10.8 Å². The molecule has 0 saturated carbocycles. The molecule has 0 radical (unpaired) electrons. The van der Waals surface area contributed by atoms with E-state index in [1.54, 1.807) is 0 Å². The van der Waals surface area contributed by atoms with Crippen LogP contribution in [0.2, 0.25) is 0 Å². The van der Waals surface area contributed by atoms with Gasteiger partial charge in [0.1, 0.15) is 11.2 Å². The van der Waals surface area contributed by atoms with Gasteiger partial charge in [-0.1, -0.05) is 270 Å². The largest absolute Gasteiger partial charge is 0.456 e. The molecular formula is C109H76BN5O. The Morgan fingerprint density at radius 1 is 0.233 bits per heavy atom. The summed E-state index contributed by atoms with van der Waals surface area (Å²) in [6.07, 6.45) is 1.11. The number of hydrogen-bond acceptors (Lipinski definition) is 3. The van der Waals surface area contributed by atoms with Gasteiger partial charge in [-0.2, -0.15) is 0 Å². The first kappa shape index (κ1) is 66.2. The van der Waals surface area contributed by atoms with Crippen LogP contribution in [0.15, 0.2) is 381 Å². The number of anilines is 6. The first-order valence-electron chi connectivity index (χ1n) is 40.6. The molecule has 0 saturated heterocycles. The molecule has 0 atom stereocenters. The van der Waals surface area contributed by atoms with E-state index in [2.05, 4.69) is 427 Å². The van der Waals surface area contributed by atoms with Crippen molar-refractivity contribution in [1.82, 2.24) is 13.7 Å². The summed E-state index contributed by atoms with van der Waals surface area (Å²) in [4.78, 5) is 5.19. The number of para-hydroxylation sites is 3. The lowest BCUT2D eigenvalue weighted by molar-refractivity contribution is 0.403. The second kappa shape index (κ2) is 25.1. The minimum atomic E-state index is -0.263. The molecule has 6 nitrogen and oxygen atoms in total. The number of fused-ring (bicyclic) bond motifs is 17. The molecule has 21 aromatic rings. The second-order valence-electron chi connectivity index (χ2n) is 33.5. The number of nitrogens with zero attached hydrogens (tertiary/aromatic N) is 5. The Hall–Kier alpha value is -14.4. The fourth-order valence-electron chi connectivity index (χ4n) is 20.8. The topological polar surface area (TPSA) is 34.4 Å². The van der Waals surface area contributed by atoms with Crippen molar-refractivity contribution in [3.05, 3.63) is 387 Å². The zero-order valence-electron chi connectivity index (χ0n) is 64.7. The highest BCUT2D eigenvalue weighted by atomic mass is 16.3. The summed E-state index contributed by atoms with van der Waals surface area (Å²) in [6.45, 7) is 9.39. The maximum Gasteiger partial charge on any atom is 0.252 e. The van der Waals surface area contributed by atoms with Crippen LogP contribution in [0.5, 0.6) is 0 Å². The molecular weight excluding hydrogens is 1410 g/mol. The van der Waals surface area contributed by atoms with Crippen molar-refractivity contribution in [2.24, 2.45) is 0 Å². The number of furan rings is 1. The molecule has 4 aromatic heterocycles. The Labute approximate surface area is 673 Å². The van der Waals surface area contributed by atoms with Gasteiger partial charge >= 0.3 is 0 Å². The standard InChI is InChI=1S/C109H76BN5O/c1-108(2)67-109(3,4)92-61-77(39-50-91(92)108)72-37-44-78(45-38-72)111-101-62-79(112-97-53-40-73(68-23-9-5-10-24-68)57-87(97)88-58-74(41-54-98(88)112)69-25-11-6-12-26-69)47-51-93(101)110-94-52-48-80(113-99-55-42-75(70-27-13-7-14-28-70)59-89(99)90-60-76(43-56-100(90)113)71-29-15-8-16-30-71)63-102(94)114(81-46-49-86-85-33-19-22-36-105(85)116-106(86)66-81)104-65-82(64-103(111)107(104)110)115-95-34-20-17-31-83(95)84-32-18-21-35-96(84)115/h5-66H,67H2,1-4H3. The Morgan fingerprint density at radius 3 is 1.06 bits per heavy atom. The molecule has 116 heavy (non-hydrogen) atoms. The fraction of sp³-hybridized carbons (Fsp3) is 0.0642. The Bertz CT molecular complexity index is 7430. The van der Waals surface area contributed by atoms with Gasteiger partial charge in [0.25, 0.3) is 6.71 Å². The van der Waals surface area contributed by atoms with Gasteiger partial charge in [0.2, 0.25) is 0 Å². The van der Waals surface area contributed by atoms with Crippen LogP contribution in [0.3, 0.4) is 0 Å². The van der Waals surface area contributed by atoms with Crippen LogP contribution < -0.4 is 26.2 Å². The van der Waals surface area contributed by atoms with E-state index in [9.17, 15) is 0 Å². The minimum absolute atomic E-state index is 0.0447. The molecule has 24 rings (SSSR count). The molecule has 0 unspecified atom stereocenters. The van der Waals surface area contributed by atoms with E-state index in [4.69, 9.17) is 4.42 Å². The Balaban J connectivity index is 0.797. The normalized spacial score (nSPS) is 13.9. The molecule has 3 aliphatic rings. The summed E-state index contributed by atoms with van der Waals surface area (Å²) in [6, 6.07) is 141. The number of aromatic nitrogens is 3. The molecule has 1 aliphatic carbocycles. The minimum Gasteiger partial charge on any atom is -0.456 e. The maximum absolute atomic E-state index is 6.98. The van der Waals surface area contributed by atoms with Crippen LogP contribution >= 0.6 is 0 Å². The summed E-state index contributed by atoms with van der Waals surface area (Å²) in [5.74, 6) is 0. The first-order chi connectivity index (χ1) is 57.0. The van der Waals surface area contributed by atoms with E-state index in [0.717, 1.165) is 113 Å². The lowest BCUT2D eigenvalue weighted by Crippen LogP contribution is -2.61. The summed E-state index contributed by atoms with van der Waals surface area (Å²) < 4.78 is 14.5. The van der Waals surface area contributed by atoms with Gasteiger partial charge in [-0.3, -0.25) is 0 Å². The van der Waals surface area contributed by atoms with Crippen molar-refractivity contribution in [3.8, 4) is 72.7 Å². The van der Waals surface area contributed by atoms with Gasteiger partial charge in [0.15, 0.2) is 0 Å². The molecule has 0 spiro atoms. The van der Waals surface area contributed by atoms with Crippen molar-refractivity contribution >= 4 is 145 Å². The van der Waals surface area contributed by atoms with Crippen molar-refractivity contribution in [2.45, 2.75) is 44.9 Å². The quantitative estimate of drug-likeness (QED) is 0.128. The third-order valence-electron chi connectivity index (χ3n) is 25.8. The highest BCUT2D eigenvalue weighted by Crippen LogP contribution is 2.53. The molecule has 0 fully saturated rings. The van der Waals surface area contributed by atoms with Gasteiger partial charge in [0.05, 0.1) is 38.8 Å². The van der Waals surface area contributed by atoms with Gasteiger partial charge < -0.3 is 27.9 Å². The lowest BCUT2D eigenvalue weighted by atomic mass is 9.33. The van der Waals surface area contributed by atoms with Crippen molar-refractivity contribution in [3.63, 3.8) is 0 Å². The molecule has 546 valence electrons. The Kier molecular flexibility index (Phi) is 14.3. The third kappa shape index (κ3) is 10.0. The molecule has 6 heterocycles. The monoisotopic (exact) mass is 1480 g/mol. The van der Waals surface area contributed by atoms with E-state index >= 15 is 0 Å². The summed E-state index contributed by atoms with van der Waals surface area (Å²) >= 11 is 0. The fourth-order valence-corrected chi connectivity index (χ4v) is 20.8. The Morgan fingerprint density at radius 2 is 0.578 bits per heavy atom. The van der Waals surface area contributed by atoms with E-state index in [1.165, 1.54) is 115 Å². The van der Waals surface area contributed by atoms with E-state index in [1.807, 2.05) is 0 Å². The SMILES string of the molecule is CC1(C)CC(C)(C)c2cc(-c3ccc(N4c5cc(-n6c7ccc(-c8ccccc8)cc7c7cc(-c8ccccc8)ccc76)ccc5B5c6ccc(-n7c8ccc(-c9ccccc9)cc8c8cc(-c9ccccc9)ccc87)cc6N(c6ccc7c(c6)oc6ccccc67)c6cc(-n7c8ccccc8c8ccccc87)cc4c65)cc3)ccc21. The van der Waals surface area contributed by atoms with Crippen LogP contribution in [0.4, 0.5) is 34.1 Å². The van der Waals surface area contributed by atoms with E-state index < -0.39 is 0 Å². The summed E-state index contributed by atoms with van der Waals surface area (Å²) in [5.41, 5.74) is 36.6. The molecule has 2 aliphatic heterocycles. The van der Waals surface area contributed by atoms with Gasteiger partial charge in [0, 0.05) is 94.7 Å². The predicted molar refractivity (Wildman–Crippen MR) is 489 cm³/mol. The highest BCUT2D eigenvalue weighted by molar-refractivity contribution is 7.00. The van der Waals surface area contributed by atoms with E-state index in [0.29, 0.717) is 0 Å². The zero-order valence-corrected chi connectivity index (χ0v) is 64.7. The van der Waals surface area contributed by atoms with Gasteiger partial charge in [-0.05, 0) is 228 Å². The molecule has 7 heteroatoms. The zero-order chi connectivity index (χ0) is 76.8. The van der Waals surface area contributed by atoms with Crippen LogP contribution in [-0.4, -0.2) is 20.4 Å². The number of benzene rings is 17. The smallest absolute Gasteiger partial charge is 0.252 e. The van der Waals surface area contributed by atoms with Crippen molar-refractivity contribution < 1.29 is 4.42 Å². The summed E-state index contributed by atoms with van der Waals surface area (Å²) in [7, 11) is 0. The van der Waals surface area contributed by atoms with Crippen molar-refractivity contribution in [1.29, 1.82) is 0 Å². The lowest BCUT2D eigenvalue weighted by Gasteiger charge is -2.44. The van der Waals surface area contributed by atoms with Crippen LogP contribution in [0, 0.1) is 0 Å². The first-order valence-corrected chi connectivity index (χ1v) is 40.6. The number of hydrogen-bond donors (Lipinski definition) is 0. The molecule has 0 bridgehead atoms. The van der Waals surface area contributed by atoms with Gasteiger partial charge in [-0.25, -0.2) is 0 Å². The molecule has 0 amide bonds. The molecule has 0 N–H and O–H groups in total. The molecule has 17 aromatic carbocycles. The van der Waals surface area contributed by atoms with E-state index in [-0.39, 0.29) is 17.5 Å². The average molecular weight is 1480 g/mol. The third-order valence-corrected chi connectivity index (χ3v) is 25.8. The maximum atomic E-state index is 6.98. The van der Waals surface area contributed by atoms with Crippen molar-refractivity contribution in [2.75, 3.05) is 9.80 Å².